The van der Waals surface area contributed by atoms with Crippen LogP contribution >= 0.6 is 11.6 Å². The van der Waals surface area contributed by atoms with Crippen molar-refractivity contribution in [2.75, 3.05) is 6.61 Å². The first-order valence-corrected chi connectivity index (χ1v) is 8.47. The zero-order chi connectivity index (χ0) is 16.9. The van der Waals surface area contributed by atoms with Gasteiger partial charge in [-0.2, -0.15) is 0 Å². The summed E-state index contributed by atoms with van der Waals surface area (Å²) in [4.78, 5) is 12.1. The first kappa shape index (κ1) is 16.6. The monoisotopic (exact) mass is 341 g/mol. The van der Waals surface area contributed by atoms with E-state index < -0.39 is 0 Å². The Kier molecular flexibility index (Phi) is 5.21. The lowest BCUT2D eigenvalue weighted by atomic mass is 10.0. The van der Waals surface area contributed by atoms with Gasteiger partial charge >= 0.3 is 0 Å². The minimum absolute atomic E-state index is 0.0498. The van der Waals surface area contributed by atoms with Crippen molar-refractivity contribution in [1.29, 1.82) is 0 Å². The molecule has 0 aliphatic carbocycles. The highest BCUT2D eigenvalue weighted by Crippen LogP contribution is 2.26. The van der Waals surface area contributed by atoms with Crippen LogP contribution in [0.5, 0.6) is 5.75 Å². The normalized spacial score (nSPS) is 14.2. The Bertz CT molecular complexity index is 770. The van der Waals surface area contributed by atoms with Crippen LogP contribution in [-0.2, 0) is 17.6 Å². The average molecular weight is 342 g/mol. The summed E-state index contributed by atoms with van der Waals surface area (Å²) in [6.07, 6.45) is 5.01. The molecule has 0 saturated heterocycles. The molecule has 1 unspecified atom stereocenters. The molecule has 24 heavy (non-hydrogen) atoms. The Labute approximate surface area is 147 Å². The molecule has 124 valence electrons. The Balaban J connectivity index is 1.55. The maximum absolute atomic E-state index is 12.1. The smallest absolute Gasteiger partial charge is 0.244 e. The van der Waals surface area contributed by atoms with Crippen LogP contribution in [0.4, 0.5) is 0 Å². The molecule has 1 N–H and O–H groups in total. The van der Waals surface area contributed by atoms with Crippen LogP contribution in [0.25, 0.3) is 6.08 Å². The SMILES string of the molecule is CC(Cc1ccc2c(c1)CCO2)NC(=O)C=Cc1ccccc1Cl. The molecule has 0 aromatic heterocycles. The molecule has 1 heterocycles. The van der Waals surface area contributed by atoms with Crippen LogP contribution in [0.3, 0.4) is 0 Å². The number of carbonyl (C=O) groups is 1. The number of fused-ring (bicyclic) bond motifs is 1. The Morgan fingerprint density at radius 2 is 2.17 bits per heavy atom. The number of rotatable bonds is 5. The highest BCUT2D eigenvalue weighted by Gasteiger charge is 2.13. The van der Waals surface area contributed by atoms with Crippen molar-refractivity contribution >= 4 is 23.6 Å². The first-order chi connectivity index (χ1) is 11.6. The second kappa shape index (κ2) is 7.54. The number of nitrogens with one attached hydrogen (secondary N) is 1. The second-order valence-electron chi connectivity index (χ2n) is 6.01. The van der Waals surface area contributed by atoms with E-state index in [9.17, 15) is 4.79 Å². The summed E-state index contributed by atoms with van der Waals surface area (Å²) in [6, 6.07) is 13.7. The van der Waals surface area contributed by atoms with E-state index in [0.29, 0.717) is 5.02 Å². The topological polar surface area (TPSA) is 38.3 Å². The van der Waals surface area contributed by atoms with Crippen molar-refractivity contribution in [2.45, 2.75) is 25.8 Å². The van der Waals surface area contributed by atoms with Crippen molar-refractivity contribution in [3.63, 3.8) is 0 Å². The van der Waals surface area contributed by atoms with Crippen molar-refractivity contribution in [2.24, 2.45) is 0 Å². The molecule has 1 atom stereocenters. The number of hydrogen-bond acceptors (Lipinski definition) is 2. The van der Waals surface area contributed by atoms with E-state index in [1.54, 1.807) is 12.1 Å². The van der Waals surface area contributed by atoms with Gasteiger partial charge in [0.1, 0.15) is 5.75 Å². The molecular weight excluding hydrogens is 322 g/mol. The minimum Gasteiger partial charge on any atom is -0.493 e. The van der Waals surface area contributed by atoms with Crippen molar-refractivity contribution in [3.05, 3.63) is 70.3 Å². The van der Waals surface area contributed by atoms with Gasteiger partial charge in [0.25, 0.3) is 0 Å². The van der Waals surface area contributed by atoms with E-state index in [4.69, 9.17) is 16.3 Å². The lowest BCUT2D eigenvalue weighted by molar-refractivity contribution is -0.117. The van der Waals surface area contributed by atoms with E-state index >= 15 is 0 Å². The van der Waals surface area contributed by atoms with Gasteiger partial charge in [0, 0.05) is 23.6 Å². The van der Waals surface area contributed by atoms with Crippen molar-refractivity contribution in [3.8, 4) is 5.75 Å². The first-order valence-electron chi connectivity index (χ1n) is 8.09. The van der Waals surface area contributed by atoms with Gasteiger partial charge in [-0.05, 0) is 48.2 Å². The van der Waals surface area contributed by atoms with Gasteiger partial charge in [-0.25, -0.2) is 0 Å². The van der Waals surface area contributed by atoms with Gasteiger partial charge in [0.2, 0.25) is 5.91 Å². The minimum atomic E-state index is -0.119. The summed E-state index contributed by atoms with van der Waals surface area (Å²) in [5.74, 6) is 0.866. The van der Waals surface area contributed by atoms with Gasteiger partial charge in [0.05, 0.1) is 6.61 Å². The van der Waals surface area contributed by atoms with Gasteiger partial charge in [0.15, 0.2) is 0 Å². The van der Waals surface area contributed by atoms with Gasteiger partial charge in [-0.1, -0.05) is 41.9 Å². The predicted molar refractivity (Wildman–Crippen MR) is 97.4 cm³/mol. The molecular formula is C20H20ClNO2. The lowest BCUT2D eigenvalue weighted by Crippen LogP contribution is -2.32. The highest BCUT2D eigenvalue weighted by molar-refractivity contribution is 6.32. The fourth-order valence-electron chi connectivity index (χ4n) is 2.84. The Morgan fingerprint density at radius 1 is 1.33 bits per heavy atom. The van der Waals surface area contributed by atoms with Crippen LogP contribution in [0.2, 0.25) is 5.02 Å². The molecule has 4 heteroatoms. The maximum Gasteiger partial charge on any atom is 0.244 e. The van der Waals surface area contributed by atoms with E-state index in [0.717, 1.165) is 30.8 Å². The van der Waals surface area contributed by atoms with Crippen molar-refractivity contribution in [1.82, 2.24) is 5.32 Å². The Morgan fingerprint density at radius 3 is 3.00 bits per heavy atom. The molecule has 1 aliphatic rings. The fraction of sp³-hybridized carbons (Fsp3) is 0.250. The van der Waals surface area contributed by atoms with Gasteiger partial charge in [-0.15, -0.1) is 0 Å². The second-order valence-corrected chi connectivity index (χ2v) is 6.42. The molecule has 0 fully saturated rings. The molecule has 0 bridgehead atoms. The zero-order valence-corrected chi connectivity index (χ0v) is 14.3. The van der Waals surface area contributed by atoms with Crippen LogP contribution < -0.4 is 10.1 Å². The zero-order valence-electron chi connectivity index (χ0n) is 13.6. The molecule has 1 amide bonds. The summed E-state index contributed by atoms with van der Waals surface area (Å²) in [5.41, 5.74) is 3.30. The highest BCUT2D eigenvalue weighted by atomic mass is 35.5. The quantitative estimate of drug-likeness (QED) is 0.834. The largest absolute Gasteiger partial charge is 0.493 e. The average Bonchev–Trinajstić information content (AvgIpc) is 3.01. The van der Waals surface area contributed by atoms with Crippen molar-refractivity contribution < 1.29 is 9.53 Å². The fourth-order valence-corrected chi connectivity index (χ4v) is 3.04. The third-order valence-corrected chi connectivity index (χ3v) is 4.35. The van der Waals surface area contributed by atoms with Crippen LogP contribution in [-0.4, -0.2) is 18.6 Å². The van der Waals surface area contributed by atoms with Gasteiger partial charge < -0.3 is 10.1 Å². The summed E-state index contributed by atoms with van der Waals surface area (Å²) in [5, 5.41) is 3.62. The summed E-state index contributed by atoms with van der Waals surface area (Å²) in [7, 11) is 0. The van der Waals surface area contributed by atoms with E-state index in [1.807, 2.05) is 31.2 Å². The van der Waals surface area contributed by atoms with E-state index in [2.05, 4.69) is 17.4 Å². The number of hydrogen-bond donors (Lipinski definition) is 1. The van der Waals surface area contributed by atoms with Crippen LogP contribution in [0.15, 0.2) is 48.5 Å². The summed E-state index contributed by atoms with van der Waals surface area (Å²) in [6.45, 7) is 2.77. The standard InChI is InChI=1S/C20H20ClNO2/c1-14(12-15-6-8-19-17(13-15)10-11-24-19)22-20(23)9-7-16-4-2-3-5-18(16)21/h2-9,13-14H,10-12H2,1H3,(H,22,23). The molecule has 1 aliphatic heterocycles. The number of halogens is 1. The molecule has 2 aromatic carbocycles. The van der Waals surface area contributed by atoms with Gasteiger partial charge in [-0.3, -0.25) is 4.79 Å². The van der Waals surface area contributed by atoms with Crippen LogP contribution in [0.1, 0.15) is 23.6 Å². The van der Waals surface area contributed by atoms with Crippen LogP contribution in [0, 0.1) is 0 Å². The molecule has 0 radical (unpaired) electrons. The number of amides is 1. The van der Waals surface area contributed by atoms with E-state index in [-0.39, 0.29) is 11.9 Å². The summed E-state index contributed by atoms with van der Waals surface area (Å²) >= 11 is 6.07. The van der Waals surface area contributed by atoms with E-state index in [1.165, 1.54) is 17.2 Å². The Hall–Kier alpha value is -2.26. The molecule has 2 aromatic rings. The lowest BCUT2D eigenvalue weighted by Gasteiger charge is -2.13. The molecule has 3 rings (SSSR count). The third-order valence-electron chi connectivity index (χ3n) is 4.00. The predicted octanol–water partition coefficient (Wildman–Crippen LogP) is 4.04. The molecule has 0 saturated carbocycles. The third kappa shape index (κ3) is 4.18. The molecule has 3 nitrogen and oxygen atoms in total. The molecule has 0 spiro atoms. The number of benzene rings is 2. The summed E-state index contributed by atoms with van der Waals surface area (Å²) < 4.78 is 5.52. The number of carbonyl (C=O) groups excluding carboxylic acids is 1. The number of ether oxygens (including phenoxy) is 1. The maximum atomic E-state index is 12.1.